The first-order valence-corrected chi connectivity index (χ1v) is 10.3. The molecule has 5 rings (SSSR count). The highest BCUT2D eigenvalue weighted by atomic mass is 15.4. The Morgan fingerprint density at radius 3 is 2.00 bits per heavy atom. The number of fused-ring (bicyclic) bond motifs is 3. The van der Waals surface area contributed by atoms with E-state index >= 15 is 0 Å². The predicted molar refractivity (Wildman–Crippen MR) is 124 cm³/mol. The second kappa shape index (κ2) is 6.45. The van der Waals surface area contributed by atoms with Gasteiger partial charge in [0.1, 0.15) is 12.3 Å². The maximum absolute atomic E-state index is 2.42. The van der Waals surface area contributed by atoms with Crippen LogP contribution in [-0.4, -0.2) is 36.2 Å². The summed E-state index contributed by atoms with van der Waals surface area (Å²) in [6.07, 6.45) is 9.31. The number of nitrogens with zero attached hydrogens (tertiary/aromatic N) is 4. The van der Waals surface area contributed by atoms with Gasteiger partial charge in [0.15, 0.2) is 0 Å². The zero-order valence-corrected chi connectivity index (χ0v) is 17.8. The number of benzene rings is 3. The molecule has 4 nitrogen and oxygen atoms in total. The van der Waals surface area contributed by atoms with Gasteiger partial charge in [-0.15, -0.1) is 0 Å². The monoisotopic (exact) mass is 384 g/mol. The molecule has 2 atom stereocenters. The van der Waals surface area contributed by atoms with Crippen LogP contribution in [0.1, 0.15) is 19.4 Å². The zero-order chi connectivity index (χ0) is 20.3. The molecule has 4 heteroatoms. The number of hydrogen-bond acceptors (Lipinski definition) is 4. The Morgan fingerprint density at radius 2 is 1.34 bits per heavy atom. The fourth-order valence-electron chi connectivity index (χ4n) is 4.62. The second-order valence-corrected chi connectivity index (χ2v) is 8.26. The molecule has 148 valence electrons. The minimum absolute atomic E-state index is 0.278. The smallest absolute Gasteiger partial charge is 0.102 e. The van der Waals surface area contributed by atoms with E-state index in [9.17, 15) is 0 Å². The van der Waals surface area contributed by atoms with Gasteiger partial charge in [0.05, 0.1) is 5.69 Å². The van der Waals surface area contributed by atoms with Gasteiger partial charge in [-0.05, 0) is 48.6 Å². The van der Waals surface area contributed by atoms with Gasteiger partial charge in [-0.2, -0.15) is 0 Å². The molecule has 0 spiro atoms. The summed E-state index contributed by atoms with van der Waals surface area (Å²) in [4.78, 5) is 9.30. The lowest BCUT2D eigenvalue weighted by Gasteiger charge is -2.34. The highest BCUT2D eigenvalue weighted by Crippen LogP contribution is 2.44. The fraction of sp³-hybridized carbons (Fsp3) is 0.280. The molecule has 0 unspecified atom stereocenters. The minimum atomic E-state index is 0.278. The first-order valence-electron chi connectivity index (χ1n) is 10.3. The van der Waals surface area contributed by atoms with Crippen molar-refractivity contribution in [1.82, 2.24) is 9.80 Å². The molecule has 0 aliphatic carbocycles. The van der Waals surface area contributed by atoms with Crippen molar-refractivity contribution in [3.63, 3.8) is 0 Å². The molecule has 0 saturated carbocycles. The van der Waals surface area contributed by atoms with Crippen molar-refractivity contribution in [1.29, 1.82) is 0 Å². The van der Waals surface area contributed by atoms with Crippen LogP contribution in [0.15, 0.2) is 67.3 Å². The van der Waals surface area contributed by atoms with E-state index in [0.717, 1.165) is 0 Å². The van der Waals surface area contributed by atoms with Crippen LogP contribution in [-0.2, 0) is 0 Å². The van der Waals surface area contributed by atoms with Gasteiger partial charge in [0.2, 0.25) is 0 Å². The summed E-state index contributed by atoms with van der Waals surface area (Å²) in [5.74, 6) is 0. The van der Waals surface area contributed by atoms with E-state index in [1.165, 1.54) is 38.5 Å². The molecule has 0 N–H and O–H groups in total. The summed E-state index contributed by atoms with van der Waals surface area (Å²) in [7, 11) is 4.27. The van der Waals surface area contributed by atoms with Gasteiger partial charge in [0, 0.05) is 50.0 Å². The standard InChI is InChI=1S/C25H28N4/c1-17-23(28-14-12-26(4)18(28)2)16-21-11-10-20-8-6-7-9-22(20)24(21)25(17)29-15-13-27(5)19(29)3/h6-16,18-19H,1-5H3/t18-,19+/m1/s1. The van der Waals surface area contributed by atoms with Gasteiger partial charge >= 0.3 is 0 Å². The van der Waals surface area contributed by atoms with Crippen LogP contribution in [0, 0.1) is 6.92 Å². The molecule has 2 aliphatic rings. The molecule has 0 saturated heterocycles. The van der Waals surface area contributed by atoms with E-state index in [4.69, 9.17) is 0 Å². The minimum Gasteiger partial charge on any atom is -0.359 e. The van der Waals surface area contributed by atoms with Crippen LogP contribution in [0.4, 0.5) is 11.4 Å². The Balaban J connectivity index is 1.85. The van der Waals surface area contributed by atoms with E-state index in [1.807, 2.05) is 0 Å². The molecule has 2 heterocycles. The van der Waals surface area contributed by atoms with E-state index in [-0.39, 0.29) is 6.17 Å². The SMILES string of the molecule is Cc1c(N2C=CN(C)[C@H]2C)cc2ccc3ccccc3c2c1N1C=CN(C)[C@@H]1C. The van der Waals surface area contributed by atoms with E-state index in [2.05, 4.69) is 122 Å². The second-order valence-electron chi connectivity index (χ2n) is 8.26. The molecule has 0 radical (unpaired) electrons. The first kappa shape index (κ1) is 17.9. The van der Waals surface area contributed by atoms with E-state index in [1.54, 1.807) is 0 Å². The molecule has 0 amide bonds. The van der Waals surface area contributed by atoms with Crippen LogP contribution in [0.25, 0.3) is 21.5 Å². The average molecular weight is 385 g/mol. The lowest BCUT2D eigenvalue weighted by Crippen LogP contribution is -2.35. The highest BCUT2D eigenvalue weighted by Gasteiger charge is 2.28. The summed E-state index contributed by atoms with van der Waals surface area (Å²) in [6.45, 7) is 6.77. The normalized spacial score (nSPS) is 21.4. The summed E-state index contributed by atoms with van der Waals surface area (Å²) < 4.78 is 0. The Hall–Kier alpha value is -3.14. The van der Waals surface area contributed by atoms with Crippen LogP contribution in [0.5, 0.6) is 0 Å². The van der Waals surface area contributed by atoms with Crippen molar-refractivity contribution in [3.05, 3.63) is 72.8 Å². The molecule has 0 fully saturated rings. The van der Waals surface area contributed by atoms with Crippen LogP contribution < -0.4 is 9.80 Å². The van der Waals surface area contributed by atoms with Gasteiger partial charge in [0.25, 0.3) is 0 Å². The molecule has 2 aliphatic heterocycles. The average Bonchev–Trinajstić information content (AvgIpc) is 3.23. The summed E-state index contributed by atoms with van der Waals surface area (Å²) >= 11 is 0. The van der Waals surface area contributed by atoms with Crippen molar-refractivity contribution in [2.24, 2.45) is 0 Å². The van der Waals surface area contributed by atoms with Gasteiger partial charge < -0.3 is 19.6 Å². The van der Waals surface area contributed by atoms with Crippen molar-refractivity contribution < 1.29 is 0 Å². The van der Waals surface area contributed by atoms with Gasteiger partial charge in [-0.3, -0.25) is 0 Å². The lowest BCUT2D eigenvalue weighted by molar-refractivity contribution is 0.381. The molecular weight excluding hydrogens is 356 g/mol. The maximum Gasteiger partial charge on any atom is 0.102 e. The first-order chi connectivity index (χ1) is 14.0. The molecular formula is C25H28N4. The number of hydrogen-bond donors (Lipinski definition) is 0. The van der Waals surface area contributed by atoms with Crippen molar-refractivity contribution in [2.45, 2.75) is 33.1 Å². The van der Waals surface area contributed by atoms with Gasteiger partial charge in [-0.1, -0.05) is 36.4 Å². The Morgan fingerprint density at radius 1 is 0.724 bits per heavy atom. The van der Waals surface area contributed by atoms with Crippen molar-refractivity contribution in [3.8, 4) is 0 Å². The van der Waals surface area contributed by atoms with E-state index in [0.29, 0.717) is 6.17 Å². The molecule has 3 aromatic carbocycles. The maximum atomic E-state index is 2.42. The summed E-state index contributed by atoms with van der Waals surface area (Å²) in [5, 5.41) is 5.21. The lowest BCUT2D eigenvalue weighted by atomic mass is 9.95. The number of rotatable bonds is 2. The van der Waals surface area contributed by atoms with Crippen molar-refractivity contribution in [2.75, 3.05) is 23.9 Å². The third kappa shape index (κ3) is 2.59. The Bertz CT molecular complexity index is 1160. The Labute approximate surface area is 172 Å². The van der Waals surface area contributed by atoms with Gasteiger partial charge in [-0.25, -0.2) is 0 Å². The molecule has 29 heavy (non-hydrogen) atoms. The third-order valence-electron chi connectivity index (χ3n) is 6.67. The van der Waals surface area contributed by atoms with Crippen LogP contribution in [0.2, 0.25) is 0 Å². The topological polar surface area (TPSA) is 13.0 Å². The molecule has 0 bridgehead atoms. The third-order valence-corrected chi connectivity index (χ3v) is 6.67. The number of anilines is 2. The zero-order valence-electron chi connectivity index (χ0n) is 17.8. The van der Waals surface area contributed by atoms with Crippen molar-refractivity contribution >= 4 is 32.9 Å². The molecule has 0 aromatic heterocycles. The fourth-order valence-corrected chi connectivity index (χ4v) is 4.62. The van der Waals surface area contributed by atoms with Crippen LogP contribution in [0.3, 0.4) is 0 Å². The highest BCUT2D eigenvalue weighted by molar-refractivity contribution is 6.16. The quantitative estimate of drug-likeness (QED) is 0.546. The largest absolute Gasteiger partial charge is 0.359 e. The summed E-state index contributed by atoms with van der Waals surface area (Å²) in [5.41, 5.74) is 3.89. The van der Waals surface area contributed by atoms with Crippen LogP contribution >= 0.6 is 0 Å². The Kier molecular flexibility index (Phi) is 3.98. The molecule has 3 aromatic rings. The predicted octanol–water partition coefficient (Wildman–Crippen LogP) is 5.44. The summed E-state index contributed by atoms with van der Waals surface area (Å²) in [6, 6.07) is 15.6. The van der Waals surface area contributed by atoms with E-state index < -0.39 is 0 Å².